The van der Waals surface area contributed by atoms with Crippen molar-refractivity contribution in [1.82, 2.24) is 14.5 Å². The van der Waals surface area contributed by atoms with E-state index < -0.39 is 27.1 Å². The molecular formula is C20H21N3O6S3. The van der Waals surface area contributed by atoms with Crippen molar-refractivity contribution in [2.75, 3.05) is 33.8 Å². The van der Waals surface area contributed by atoms with E-state index in [1.807, 2.05) is 0 Å². The van der Waals surface area contributed by atoms with E-state index in [0.29, 0.717) is 5.75 Å². The molecule has 12 heteroatoms. The Morgan fingerprint density at radius 1 is 1.22 bits per heavy atom. The zero-order valence-corrected chi connectivity index (χ0v) is 19.8. The molecule has 1 saturated heterocycles. The number of carbonyl (C=O) groups excluding carboxylic acids is 3. The van der Waals surface area contributed by atoms with Gasteiger partial charge in [-0.2, -0.15) is 4.31 Å². The summed E-state index contributed by atoms with van der Waals surface area (Å²) in [6.45, 7) is -0.378. The van der Waals surface area contributed by atoms with Gasteiger partial charge in [-0.15, -0.1) is 11.3 Å². The van der Waals surface area contributed by atoms with Gasteiger partial charge in [-0.1, -0.05) is 18.2 Å². The number of carbonyl (C=O) groups is 3. The van der Waals surface area contributed by atoms with E-state index in [1.165, 1.54) is 13.1 Å². The van der Waals surface area contributed by atoms with Crippen molar-refractivity contribution in [3.05, 3.63) is 52.2 Å². The van der Waals surface area contributed by atoms with Gasteiger partial charge in [0, 0.05) is 20.1 Å². The Hall–Kier alpha value is -2.67. The number of benzene rings is 1. The van der Waals surface area contributed by atoms with Gasteiger partial charge in [-0.25, -0.2) is 8.42 Å². The van der Waals surface area contributed by atoms with E-state index in [2.05, 4.69) is 5.32 Å². The van der Waals surface area contributed by atoms with Gasteiger partial charge in [0.15, 0.2) is 0 Å². The molecule has 9 nitrogen and oxygen atoms in total. The first kappa shape index (κ1) is 24.0. The Labute approximate surface area is 194 Å². The quantitative estimate of drug-likeness (QED) is 0.531. The molecule has 32 heavy (non-hydrogen) atoms. The summed E-state index contributed by atoms with van der Waals surface area (Å²) >= 11 is 1.89. The number of nitrogens with one attached hydrogen (secondary N) is 1. The molecular weight excluding hydrogens is 474 g/mol. The average molecular weight is 496 g/mol. The van der Waals surface area contributed by atoms with Crippen LogP contribution in [0.1, 0.15) is 5.56 Å². The predicted octanol–water partition coefficient (Wildman–Crippen LogP) is 2.23. The lowest BCUT2D eigenvalue weighted by Gasteiger charge is -2.17. The van der Waals surface area contributed by atoms with Crippen LogP contribution in [0.15, 0.2) is 50.9 Å². The Kier molecular flexibility index (Phi) is 7.72. The van der Waals surface area contributed by atoms with Gasteiger partial charge in [-0.3, -0.25) is 19.3 Å². The molecule has 0 spiro atoms. The number of thiophene rings is 1. The molecule has 0 aliphatic carbocycles. The van der Waals surface area contributed by atoms with Crippen LogP contribution in [0.4, 0.5) is 4.79 Å². The van der Waals surface area contributed by atoms with Gasteiger partial charge in [0.05, 0.1) is 18.6 Å². The zero-order chi connectivity index (χ0) is 23.3. The predicted molar refractivity (Wildman–Crippen MR) is 123 cm³/mol. The Morgan fingerprint density at radius 2 is 1.94 bits per heavy atom. The molecule has 1 N–H and O–H groups in total. The summed E-state index contributed by atoms with van der Waals surface area (Å²) in [7, 11) is -0.867. The number of ether oxygens (including phenoxy) is 1. The van der Waals surface area contributed by atoms with Crippen LogP contribution < -0.4 is 10.1 Å². The van der Waals surface area contributed by atoms with E-state index in [4.69, 9.17) is 4.74 Å². The van der Waals surface area contributed by atoms with E-state index in [1.54, 1.807) is 48.9 Å². The minimum absolute atomic E-state index is 0.0135. The van der Waals surface area contributed by atoms with Gasteiger partial charge >= 0.3 is 0 Å². The van der Waals surface area contributed by atoms with Gasteiger partial charge in [0.2, 0.25) is 5.91 Å². The summed E-state index contributed by atoms with van der Waals surface area (Å²) in [6.07, 6.45) is 1.62. The monoisotopic (exact) mass is 495 g/mol. The molecule has 3 amide bonds. The molecule has 1 aliphatic rings. The molecule has 2 aromatic rings. The van der Waals surface area contributed by atoms with Gasteiger partial charge in [-0.05, 0) is 47.0 Å². The topological polar surface area (TPSA) is 113 Å². The fraction of sp³-hybridized carbons (Fsp3) is 0.250. The summed E-state index contributed by atoms with van der Waals surface area (Å²) in [5, 5.41) is 3.76. The minimum atomic E-state index is -3.74. The van der Waals surface area contributed by atoms with Crippen molar-refractivity contribution in [1.29, 1.82) is 0 Å². The Balaban J connectivity index is 1.52. The summed E-state index contributed by atoms with van der Waals surface area (Å²) < 4.78 is 30.9. The number of nitrogens with zero attached hydrogens (tertiary/aromatic N) is 2. The lowest BCUT2D eigenvalue weighted by Crippen LogP contribution is -2.42. The third-order valence-corrected chi connectivity index (χ3v) is 8.55. The van der Waals surface area contributed by atoms with Crippen LogP contribution in [0, 0.1) is 0 Å². The maximum Gasteiger partial charge on any atom is 0.293 e. The first-order valence-corrected chi connectivity index (χ1v) is 12.5. The standard InChI is InChI=1S/C20H21N3O6S3/c1-22(32(27,28)18-4-3-11-30-18)13-17(24)21-9-10-23-19(25)16(31-20(23)26)12-14-5-7-15(29-2)8-6-14/h3-8,11-12H,9-10,13H2,1-2H3,(H,21,24)/b16-12-. The molecule has 1 aromatic carbocycles. The molecule has 3 rings (SSSR count). The molecule has 0 radical (unpaired) electrons. The first-order chi connectivity index (χ1) is 15.2. The van der Waals surface area contributed by atoms with Crippen LogP contribution >= 0.6 is 23.1 Å². The molecule has 1 aromatic heterocycles. The van der Waals surface area contributed by atoms with Gasteiger partial charge < -0.3 is 10.1 Å². The van der Waals surface area contributed by atoms with Gasteiger partial charge in [0.1, 0.15) is 9.96 Å². The second-order valence-corrected chi connectivity index (χ2v) is 10.9. The van der Waals surface area contributed by atoms with Crippen molar-refractivity contribution in [2.45, 2.75) is 4.21 Å². The summed E-state index contributed by atoms with van der Waals surface area (Å²) in [5.41, 5.74) is 0.750. The smallest absolute Gasteiger partial charge is 0.293 e. The van der Waals surface area contributed by atoms with Crippen molar-refractivity contribution in [3.63, 3.8) is 0 Å². The highest BCUT2D eigenvalue weighted by atomic mass is 32.2. The molecule has 1 aliphatic heterocycles. The summed E-state index contributed by atoms with van der Waals surface area (Å²) in [6, 6.07) is 10.1. The zero-order valence-electron chi connectivity index (χ0n) is 17.3. The lowest BCUT2D eigenvalue weighted by molar-refractivity contribution is -0.124. The number of hydrogen-bond acceptors (Lipinski definition) is 8. The van der Waals surface area contributed by atoms with Crippen molar-refractivity contribution in [3.8, 4) is 5.75 Å². The second kappa shape index (κ2) is 10.3. The third kappa shape index (κ3) is 5.57. The maximum absolute atomic E-state index is 12.6. The molecule has 2 heterocycles. The number of hydrogen-bond donors (Lipinski definition) is 1. The normalized spacial score (nSPS) is 15.6. The second-order valence-electron chi connectivity index (χ2n) is 6.65. The molecule has 0 unspecified atom stereocenters. The van der Waals surface area contributed by atoms with E-state index in [0.717, 1.165) is 37.9 Å². The Bertz CT molecular complexity index is 1130. The summed E-state index contributed by atoms with van der Waals surface area (Å²) in [5.74, 6) is -0.296. The highest BCUT2D eigenvalue weighted by Crippen LogP contribution is 2.32. The third-order valence-electron chi connectivity index (χ3n) is 4.47. The molecule has 170 valence electrons. The Morgan fingerprint density at radius 3 is 2.56 bits per heavy atom. The number of rotatable bonds is 9. The molecule has 0 atom stereocenters. The van der Waals surface area contributed by atoms with Crippen molar-refractivity contribution >= 4 is 56.3 Å². The first-order valence-electron chi connectivity index (χ1n) is 9.38. The lowest BCUT2D eigenvalue weighted by atomic mass is 10.2. The fourth-order valence-electron chi connectivity index (χ4n) is 2.76. The fourth-order valence-corrected chi connectivity index (χ4v) is 5.95. The number of thioether (sulfide) groups is 1. The van der Waals surface area contributed by atoms with Crippen LogP contribution in [0.3, 0.4) is 0 Å². The minimum Gasteiger partial charge on any atom is -0.497 e. The van der Waals surface area contributed by atoms with Crippen molar-refractivity contribution in [2.24, 2.45) is 0 Å². The average Bonchev–Trinajstić information content (AvgIpc) is 3.39. The van der Waals surface area contributed by atoms with Crippen LogP contribution in [0.25, 0.3) is 6.08 Å². The number of methoxy groups -OCH3 is 1. The van der Waals surface area contributed by atoms with Crippen LogP contribution in [-0.4, -0.2) is 68.5 Å². The number of amides is 3. The van der Waals surface area contributed by atoms with E-state index in [9.17, 15) is 22.8 Å². The van der Waals surface area contributed by atoms with Crippen molar-refractivity contribution < 1.29 is 27.5 Å². The number of likely N-dealkylation sites (N-methyl/N-ethyl adjacent to an activating group) is 1. The number of imide groups is 1. The molecule has 0 saturated carbocycles. The largest absolute Gasteiger partial charge is 0.497 e. The summed E-state index contributed by atoms with van der Waals surface area (Å²) in [4.78, 5) is 38.2. The highest BCUT2D eigenvalue weighted by Gasteiger charge is 2.34. The van der Waals surface area contributed by atoms with Crippen LogP contribution in [-0.2, 0) is 19.6 Å². The van der Waals surface area contributed by atoms with E-state index in [-0.39, 0.29) is 28.7 Å². The molecule has 1 fully saturated rings. The van der Waals surface area contributed by atoms with Crippen LogP contribution in [0.2, 0.25) is 0 Å². The highest BCUT2D eigenvalue weighted by molar-refractivity contribution is 8.18. The SMILES string of the molecule is COc1ccc(/C=C2\SC(=O)N(CCNC(=O)CN(C)S(=O)(=O)c3cccs3)C2=O)cc1. The molecule has 0 bridgehead atoms. The van der Waals surface area contributed by atoms with E-state index >= 15 is 0 Å². The number of sulfonamides is 1. The van der Waals surface area contributed by atoms with Crippen LogP contribution in [0.5, 0.6) is 5.75 Å². The maximum atomic E-state index is 12.6. The van der Waals surface area contributed by atoms with Gasteiger partial charge in [0.25, 0.3) is 21.2 Å².